The molecule has 1 heterocycles. The SMILES string of the molecule is COCc1cccc(CNS(=O)(=O)c2ccc3c(c2)oc(=O)n3C)c1. The van der Waals surface area contributed by atoms with Gasteiger partial charge >= 0.3 is 5.76 Å². The number of aromatic nitrogens is 1. The van der Waals surface area contributed by atoms with Gasteiger partial charge in [0.1, 0.15) is 0 Å². The summed E-state index contributed by atoms with van der Waals surface area (Å²) in [6, 6.07) is 11.8. The molecule has 0 spiro atoms. The zero-order chi connectivity index (χ0) is 18.0. The van der Waals surface area contributed by atoms with Crippen LogP contribution in [-0.4, -0.2) is 20.1 Å². The first-order chi connectivity index (χ1) is 11.9. The highest BCUT2D eigenvalue weighted by atomic mass is 32.2. The van der Waals surface area contributed by atoms with Crippen LogP contribution in [0.2, 0.25) is 0 Å². The van der Waals surface area contributed by atoms with Crippen molar-refractivity contribution >= 4 is 21.1 Å². The minimum Gasteiger partial charge on any atom is -0.408 e. The fraction of sp³-hybridized carbons (Fsp3) is 0.235. The number of nitrogens with one attached hydrogen (secondary N) is 1. The highest BCUT2D eigenvalue weighted by molar-refractivity contribution is 7.89. The molecule has 25 heavy (non-hydrogen) atoms. The van der Waals surface area contributed by atoms with E-state index in [1.54, 1.807) is 20.2 Å². The summed E-state index contributed by atoms with van der Waals surface area (Å²) in [7, 11) is -0.563. The highest BCUT2D eigenvalue weighted by Crippen LogP contribution is 2.18. The number of fused-ring (bicyclic) bond motifs is 1. The number of nitrogens with zero attached hydrogens (tertiary/aromatic N) is 1. The minimum atomic E-state index is -3.73. The summed E-state index contributed by atoms with van der Waals surface area (Å²) in [5.41, 5.74) is 2.56. The smallest absolute Gasteiger partial charge is 0.408 e. The monoisotopic (exact) mass is 362 g/mol. The number of hydrogen-bond acceptors (Lipinski definition) is 5. The van der Waals surface area contributed by atoms with Crippen LogP contribution in [0.4, 0.5) is 0 Å². The molecule has 0 saturated heterocycles. The second kappa shape index (κ2) is 6.83. The predicted molar refractivity (Wildman–Crippen MR) is 92.6 cm³/mol. The summed E-state index contributed by atoms with van der Waals surface area (Å²) in [6.45, 7) is 0.612. The van der Waals surface area contributed by atoms with E-state index in [2.05, 4.69) is 4.72 Å². The van der Waals surface area contributed by atoms with Gasteiger partial charge in [0.05, 0.1) is 17.0 Å². The predicted octanol–water partition coefficient (Wildman–Crippen LogP) is 1.76. The molecule has 0 saturated carbocycles. The molecule has 7 nitrogen and oxygen atoms in total. The molecule has 0 unspecified atom stereocenters. The number of rotatable bonds is 6. The maximum absolute atomic E-state index is 12.5. The van der Waals surface area contributed by atoms with Crippen molar-refractivity contribution in [3.8, 4) is 0 Å². The van der Waals surface area contributed by atoms with Crippen molar-refractivity contribution in [3.05, 3.63) is 64.1 Å². The highest BCUT2D eigenvalue weighted by Gasteiger charge is 2.16. The van der Waals surface area contributed by atoms with E-state index in [4.69, 9.17) is 9.15 Å². The van der Waals surface area contributed by atoms with Gasteiger partial charge in [0, 0.05) is 26.8 Å². The molecular weight excluding hydrogens is 344 g/mol. The molecule has 0 aliphatic carbocycles. The van der Waals surface area contributed by atoms with E-state index in [1.165, 1.54) is 16.7 Å². The summed E-state index contributed by atoms with van der Waals surface area (Å²) < 4.78 is 39.0. The third kappa shape index (κ3) is 3.65. The standard InChI is InChI=1S/C17H18N2O5S/c1-19-15-7-6-14(9-16(15)24-17(19)20)25(21,22)18-10-12-4-3-5-13(8-12)11-23-2/h3-9,18H,10-11H2,1-2H3. The van der Waals surface area contributed by atoms with Gasteiger partial charge < -0.3 is 9.15 Å². The van der Waals surface area contributed by atoms with Crippen molar-refractivity contribution in [3.63, 3.8) is 0 Å². The first-order valence-corrected chi connectivity index (χ1v) is 9.05. The third-order valence-electron chi connectivity index (χ3n) is 3.84. The summed E-state index contributed by atoms with van der Waals surface area (Å²) in [6.07, 6.45) is 0. The Morgan fingerprint density at radius 3 is 2.68 bits per heavy atom. The molecule has 0 fully saturated rings. The van der Waals surface area contributed by atoms with Gasteiger partial charge in [-0.25, -0.2) is 17.9 Å². The zero-order valence-corrected chi connectivity index (χ0v) is 14.7. The lowest BCUT2D eigenvalue weighted by Crippen LogP contribution is -2.23. The Balaban J connectivity index is 1.82. The van der Waals surface area contributed by atoms with Gasteiger partial charge in [-0.05, 0) is 23.3 Å². The van der Waals surface area contributed by atoms with E-state index in [-0.39, 0.29) is 17.0 Å². The van der Waals surface area contributed by atoms with Crippen molar-refractivity contribution in [1.29, 1.82) is 0 Å². The Kier molecular flexibility index (Phi) is 4.76. The van der Waals surface area contributed by atoms with Crippen LogP contribution >= 0.6 is 0 Å². The molecule has 2 aromatic carbocycles. The van der Waals surface area contributed by atoms with Crippen LogP contribution in [0, 0.1) is 0 Å². The average Bonchev–Trinajstić information content (AvgIpc) is 2.88. The van der Waals surface area contributed by atoms with Crippen LogP contribution < -0.4 is 10.5 Å². The van der Waals surface area contributed by atoms with Gasteiger partial charge in [-0.2, -0.15) is 0 Å². The zero-order valence-electron chi connectivity index (χ0n) is 13.9. The van der Waals surface area contributed by atoms with Crippen molar-refractivity contribution in [1.82, 2.24) is 9.29 Å². The number of methoxy groups -OCH3 is 1. The molecule has 0 radical (unpaired) electrons. The summed E-state index contributed by atoms with van der Waals surface area (Å²) in [5, 5.41) is 0. The Hall–Kier alpha value is -2.42. The number of sulfonamides is 1. The fourth-order valence-corrected chi connectivity index (χ4v) is 3.57. The van der Waals surface area contributed by atoms with Crippen molar-refractivity contribution < 1.29 is 17.6 Å². The normalized spacial score (nSPS) is 11.9. The van der Waals surface area contributed by atoms with Crippen molar-refractivity contribution in [2.24, 2.45) is 7.05 Å². The molecule has 3 aromatic rings. The largest absolute Gasteiger partial charge is 0.419 e. The van der Waals surface area contributed by atoms with Crippen molar-refractivity contribution in [2.75, 3.05) is 7.11 Å². The molecule has 1 N–H and O–H groups in total. The molecular formula is C17H18N2O5S. The molecule has 1 aromatic heterocycles. The molecule has 0 amide bonds. The van der Waals surface area contributed by atoms with E-state index in [9.17, 15) is 13.2 Å². The van der Waals surface area contributed by atoms with Crippen LogP contribution in [0.3, 0.4) is 0 Å². The van der Waals surface area contributed by atoms with Gasteiger partial charge in [-0.15, -0.1) is 0 Å². The number of benzene rings is 2. The summed E-state index contributed by atoms with van der Waals surface area (Å²) in [4.78, 5) is 11.6. The number of oxazole rings is 1. The second-order valence-corrected chi connectivity index (χ2v) is 7.40. The Morgan fingerprint density at radius 2 is 1.92 bits per heavy atom. The quantitative estimate of drug-likeness (QED) is 0.721. The lowest BCUT2D eigenvalue weighted by Gasteiger charge is -2.08. The first-order valence-electron chi connectivity index (χ1n) is 7.57. The van der Waals surface area contributed by atoms with Gasteiger partial charge in [-0.1, -0.05) is 24.3 Å². The number of ether oxygens (including phenoxy) is 1. The number of aryl methyl sites for hydroxylation is 1. The van der Waals surface area contributed by atoms with E-state index < -0.39 is 15.8 Å². The van der Waals surface area contributed by atoms with Crippen LogP contribution in [0.5, 0.6) is 0 Å². The second-order valence-electron chi connectivity index (χ2n) is 5.63. The van der Waals surface area contributed by atoms with E-state index in [0.29, 0.717) is 12.1 Å². The topological polar surface area (TPSA) is 90.5 Å². The molecule has 0 aliphatic heterocycles. The lowest BCUT2D eigenvalue weighted by molar-refractivity contribution is 0.185. The fourth-order valence-electron chi connectivity index (χ4n) is 2.54. The van der Waals surface area contributed by atoms with E-state index in [1.807, 2.05) is 24.3 Å². The van der Waals surface area contributed by atoms with E-state index in [0.717, 1.165) is 11.1 Å². The first kappa shape index (κ1) is 17.4. The van der Waals surface area contributed by atoms with Crippen LogP contribution in [0.15, 0.2) is 56.6 Å². The molecule has 0 atom stereocenters. The maximum Gasteiger partial charge on any atom is 0.419 e. The van der Waals surface area contributed by atoms with Gasteiger partial charge in [-0.3, -0.25) is 4.57 Å². The van der Waals surface area contributed by atoms with Gasteiger partial charge in [0.2, 0.25) is 10.0 Å². The average molecular weight is 362 g/mol. The van der Waals surface area contributed by atoms with Crippen LogP contribution in [0.1, 0.15) is 11.1 Å². The molecule has 3 rings (SSSR count). The molecule has 132 valence electrons. The molecule has 8 heteroatoms. The Labute approximate surface area is 144 Å². The lowest BCUT2D eigenvalue weighted by atomic mass is 10.1. The summed E-state index contributed by atoms with van der Waals surface area (Å²) >= 11 is 0. The third-order valence-corrected chi connectivity index (χ3v) is 5.24. The van der Waals surface area contributed by atoms with Crippen LogP contribution in [0.25, 0.3) is 11.1 Å². The molecule has 0 bridgehead atoms. The van der Waals surface area contributed by atoms with Crippen LogP contribution in [-0.2, 0) is 35.0 Å². The number of hydrogen-bond donors (Lipinski definition) is 1. The Bertz CT molecular complexity index is 1070. The summed E-state index contributed by atoms with van der Waals surface area (Å²) in [5.74, 6) is -0.535. The van der Waals surface area contributed by atoms with Gasteiger partial charge in [0.15, 0.2) is 5.58 Å². The molecule has 0 aliphatic rings. The minimum absolute atomic E-state index is 0.0439. The maximum atomic E-state index is 12.5. The van der Waals surface area contributed by atoms with E-state index >= 15 is 0 Å². The Morgan fingerprint density at radius 1 is 1.16 bits per heavy atom. The van der Waals surface area contributed by atoms with Gasteiger partial charge in [0.25, 0.3) is 0 Å². The van der Waals surface area contributed by atoms with Crippen molar-refractivity contribution in [2.45, 2.75) is 18.0 Å².